The summed E-state index contributed by atoms with van der Waals surface area (Å²) in [6, 6.07) is -1.74. The van der Waals surface area contributed by atoms with E-state index >= 15 is 0 Å². The fraction of sp³-hybridized carbons (Fsp3) is 0.333. The van der Waals surface area contributed by atoms with Crippen LogP contribution in [0.25, 0.3) is 0 Å². The third kappa shape index (κ3) is 8.16. The number of hydrogen-bond donors (Lipinski definition) is 6. The molecule has 0 saturated carbocycles. The number of aromatic amines is 1. The van der Waals surface area contributed by atoms with Crippen molar-refractivity contribution in [3.8, 4) is 5.75 Å². The van der Waals surface area contributed by atoms with Crippen LogP contribution in [-0.4, -0.2) is 106 Å². The Morgan fingerprint density at radius 1 is 1.21 bits per heavy atom. The number of nitrogens with zero attached hydrogens (tertiary/aromatic N) is 3. The topological polar surface area (TPSA) is 253 Å². The van der Waals surface area contributed by atoms with Gasteiger partial charge in [-0.15, -0.1) is 0 Å². The molecular formula is C18H20F3N7O10S. The van der Waals surface area contributed by atoms with Crippen molar-refractivity contribution in [3.05, 3.63) is 40.5 Å². The van der Waals surface area contributed by atoms with Crippen LogP contribution in [-0.2, 0) is 19.6 Å². The average Bonchev–Trinajstić information content (AvgIpc) is 3.17. The van der Waals surface area contributed by atoms with Crippen LogP contribution in [0.5, 0.6) is 5.75 Å². The fourth-order valence-electron chi connectivity index (χ4n) is 2.74. The Morgan fingerprint density at radius 2 is 1.82 bits per heavy atom. The first-order chi connectivity index (χ1) is 17.9. The highest BCUT2D eigenvalue weighted by Crippen LogP contribution is 2.13. The van der Waals surface area contributed by atoms with Crippen LogP contribution >= 0.6 is 0 Å². The van der Waals surface area contributed by atoms with E-state index < -0.39 is 69.0 Å². The molecule has 3 heterocycles. The summed E-state index contributed by atoms with van der Waals surface area (Å²) in [7, 11) is -4.12. The van der Waals surface area contributed by atoms with Crippen LogP contribution in [0.3, 0.4) is 0 Å². The van der Waals surface area contributed by atoms with Gasteiger partial charge in [0.1, 0.15) is 11.7 Å². The monoisotopic (exact) mass is 583 g/mol. The Labute approximate surface area is 215 Å². The molecule has 2 saturated heterocycles. The van der Waals surface area contributed by atoms with E-state index in [1.54, 1.807) is 4.72 Å². The van der Waals surface area contributed by atoms with E-state index in [0.29, 0.717) is 4.90 Å². The molecule has 39 heavy (non-hydrogen) atoms. The lowest BCUT2D eigenvalue weighted by Crippen LogP contribution is -2.65. The number of pyridine rings is 1. The van der Waals surface area contributed by atoms with Gasteiger partial charge in [0.2, 0.25) is 21.4 Å². The molecular weight excluding hydrogens is 563 g/mol. The summed E-state index contributed by atoms with van der Waals surface area (Å²) in [5.74, 6) is -5.47. The van der Waals surface area contributed by atoms with Crippen molar-refractivity contribution in [1.29, 1.82) is 0 Å². The molecule has 0 radical (unpaired) electrons. The number of alkyl halides is 3. The van der Waals surface area contributed by atoms with Crippen LogP contribution in [0.4, 0.5) is 22.8 Å². The quantitative estimate of drug-likeness (QED) is 0.196. The Bertz CT molecular complexity index is 1360. The highest BCUT2D eigenvalue weighted by molar-refractivity contribution is 7.90. The Kier molecular flexibility index (Phi) is 9.25. The minimum absolute atomic E-state index is 0.0675. The molecule has 1 atom stereocenters. The zero-order valence-corrected chi connectivity index (χ0v) is 20.2. The molecule has 3 rings (SSSR count). The molecule has 0 aromatic carbocycles. The SMILES string of the molecule is N[C@H]1CN(C(=O)NS(=O)(=O)CC=CN2CCN(NC(=O)c3cc(=O)c(O)c[nH]3)C2=O)C1=O.O=C(O)C(F)(F)F. The van der Waals surface area contributed by atoms with Crippen molar-refractivity contribution >= 4 is 39.9 Å². The Hall–Kier alpha value is -4.66. The summed E-state index contributed by atoms with van der Waals surface area (Å²) >= 11 is 0. The van der Waals surface area contributed by atoms with Gasteiger partial charge < -0.3 is 20.9 Å². The number of likely N-dealkylation sites (tertiary alicyclic amines) is 1. The number of urea groups is 2. The number of carbonyl (C=O) groups excluding carboxylic acids is 4. The van der Waals surface area contributed by atoms with Crippen molar-refractivity contribution in [2.75, 3.05) is 25.4 Å². The van der Waals surface area contributed by atoms with Gasteiger partial charge in [0.05, 0.1) is 18.8 Å². The number of carbonyl (C=O) groups is 5. The number of sulfonamides is 1. The summed E-state index contributed by atoms with van der Waals surface area (Å²) in [4.78, 5) is 72.1. The number of hydrogen-bond acceptors (Lipinski definition) is 10. The number of imide groups is 1. The smallest absolute Gasteiger partial charge is 0.490 e. The number of carboxylic acids is 1. The summed E-state index contributed by atoms with van der Waals surface area (Å²) in [6.45, 7) is 0.101. The van der Waals surface area contributed by atoms with Gasteiger partial charge in [0, 0.05) is 25.0 Å². The predicted molar refractivity (Wildman–Crippen MR) is 120 cm³/mol. The van der Waals surface area contributed by atoms with Gasteiger partial charge in [0.15, 0.2) is 5.75 Å². The number of amides is 6. The number of nitrogens with one attached hydrogen (secondary N) is 3. The maximum atomic E-state index is 12.3. The Morgan fingerprint density at radius 3 is 2.33 bits per heavy atom. The normalized spacial score (nSPS) is 17.4. The number of β-lactam (4-membered cyclic amide) rings is 1. The maximum Gasteiger partial charge on any atom is 0.490 e. The van der Waals surface area contributed by atoms with E-state index in [0.717, 1.165) is 28.2 Å². The van der Waals surface area contributed by atoms with Gasteiger partial charge >= 0.3 is 24.2 Å². The maximum absolute atomic E-state index is 12.3. The first-order valence-corrected chi connectivity index (χ1v) is 12.0. The third-order valence-corrected chi connectivity index (χ3v) is 5.83. The second-order valence-corrected chi connectivity index (χ2v) is 9.36. The molecule has 17 nitrogen and oxygen atoms in total. The van der Waals surface area contributed by atoms with Crippen LogP contribution in [0, 0.1) is 0 Å². The predicted octanol–water partition coefficient (Wildman–Crippen LogP) is -2.18. The number of aliphatic carboxylic acids is 1. The van der Waals surface area contributed by atoms with Gasteiger partial charge in [-0.2, -0.15) is 13.2 Å². The fourth-order valence-corrected chi connectivity index (χ4v) is 3.54. The summed E-state index contributed by atoms with van der Waals surface area (Å²) in [5, 5.41) is 17.3. The zero-order valence-electron chi connectivity index (χ0n) is 19.3. The van der Waals surface area contributed by atoms with E-state index in [2.05, 4.69) is 10.4 Å². The largest absolute Gasteiger partial charge is 0.503 e. The highest BCUT2D eigenvalue weighted by Gasteiger charge is 2.39. The number of nitrogens with two attached hydrogens (primary N) is 1. The summed E-state index contributed by atoms with van der Waals surface area (Å²) in [6.07, 6.45) is -1.87. The number of hydrazine groups is 1. The van der Waals surface area contributed by atoms with Crippen molar-refractivity contribution < 1.29 is 55.8 Å². The minimum Gasteiger partial charge on any atom is -0.503 e. The van der Waals surface area contributed by atoms with E-state index in [9.17, 15) is 50.7 Å². The van der Waals surface area contributed by atoms with Gasteiger partial charge in [0.25, 0.3) is 5.91 Å². The number of aromatic nitrogens is 1. The minimum atomic E-state index is -5.08. The van der Waals surface area contributed by atoms with Gasteiger partial charge in [-0.05, 0) is 0 Å². The molecule has 2 aliphatic rings. The van der Waals surface area contributed by atoms with E-state index in [4.69, 9.17) is 15.6 Å². The first-order valence-electron chi connectivity index (χ1n) is 10.3. The van der Waals surface area contributed by atoms with Gasteiger partial charge in [-0.3, -0.25) is 29.6 Å². The van der Waals surface area contributed by atoms with E-state index in [1.807, 2.05) is 0 Å². The molecule has 2 fully saturated rings. The second-order valence-electron chi connectivity index (χ2n) is 7.60. The molecule has 21 heteroatoms. The second kappa shape index (κ2) is 11.8. The molecule has 7 N–H and O–H groups in total. The molecule has 0 bridgehead atoms. The number of carboxylic acid groups (broad SMARTS) is 1. The van der Waals surface area contributed by atoms with Crippen LogP contribution in [0.2, 0.25) is 0 Å². The number of halogens is 3. The summed E-state index contributed by atoms with van der Waals surface area (Å²) < 4.78 is 57.4. The first kappa shape index (κ1) is 30.6. The van der Waals surface area contributed by atoms with Crippen molar-refractivity contribution in [1.82, 2.24) is 29.9 Å². The molecule has 1 aromatic rings. The molecule has 2 aliphatic heterocycles. The highest BCUT2D eigenvalue weighted by atomic mass is 32.2. The molecule has 0 aliphatic carbocycles. The lowest BCUT2D eigenvalue weighted by molar-refractivity contribution is -0.192. The molecule has 0 unspecified atom stereocenters. The summed E-state index contributed by atoms with van der Waals surface area (Å²) in [5.41, 5.74) is 6.66. The lowest BCUT2D eigenvalue weighted by Gasteiger charge is -2.33. The van der Waals surface area contributed by atoms with Crippen molar-refractivity contribution in [2.45, 2.75) is 12.2 Å². The van der Waals surface area contributed by atoms with Crippen LogP contribution in [0.1, 0.15) is 10.5 Å². The standard InChI is InChI=1S/C16H19N7O8S.C2HF3O2/c17-9-8-22(14(9)27)15(28)20-32(30,31)5-1-2-21-3-4-23(16(21)29)19-13(26)10-6-11(24)12(25)7-18-10;3-2(4,5)1(6)7/h1-2,6-7,9,25H,3-5,8,17H2,(H,18,24)(H,19,26)(H,20,28);(H,6,7)/t9-;/m0./s1. The molecule has 6 amide bonds. The Balaban J connectivity index is 0.000000673. The molecule has 214 valence electrons. The zero-order chi connectivity index (χ0) is 29.7. The average molecular weight is 583 g/mol. The lowest BCUT2D eigenvalue weighted by atomic mass is 10.1. The van der Waals surface area contributed by atoms with E-state index in [-0.39, 0.29) is 25.3 Å². The molecule has 1 aromatic heterocycles. The van der Waals surface area contributed by atoms with Crippen molar-refractivity contribution in [3.63, 3.8) is 0 Å². The number of aromatic hydroxyl groups is 1. The van der Waals surface area contributed by atoms with Crippen molar-refractivity contribution in [2.24, 2.45) is 5.73 Å². The van der Waals surface area contributed by atoms with Gasteiger partial charge in [-0.1, -0.05) is 6.08 Å². The van der Waals surface area contributed by atoms with Gasteiger partial charge in [-0.25, -0.2) is 32.5 Å². The van der Waals surface area contributed by atoms with Crippen LogP contribution in [0.15, 0.2) is 29.3 Å². The third-order valence-electron chi connectivity index (χ3n) is 4.71. The van der Waals surface area contributed by atoms with E-state index in [1.165, 1.54) is 6.20 Å². The number of rotatable bonds is 6. The molecule has 0 spiro atoms. The van der Waals surface area contributed by atoms with Crippen LogP contribution < -0.4 is 21.3 Å². The number of H-pyrrole nitrogens is 1.